The quantitative estimate of drug-likeness (QED) is 0.568. The number of rotatable bonds is 6. The van der Waals surface area contributed by atoms with E-state index < -0.39 is 0 Å². The van der Waals surface area contributed by atoms with Crippen molar-refractivity contribution in [1.82, 2.24) is 0 Å². The molecule has 5 heteroatoms. The molecule has 0 saturated carbocycles. The number of para-hydroxylation sites is 1. The lowest BCUT2D eigenvalue weighted by Gasteiger charge is -2.26. The van der Waals surface area contributed by atoms with Gasteiger partial charge in [0.25, 0.3) is 0 Å². The number of thiophene rings is 1. The van der Waals surface area contributed by atoms with Gasteiger partial charge in [-0.25, -0.2) is 0 Å². The third-order valence-corrected chi connectivity index (χ3v) is 5.92. The third-order valence-electron chi connectivity index (χ3n) is 4.82. The van der Waals surface area contributed by atoms with Crippen LogP contribution in [0.3, 0.4) is 0 Å². The standard InChI is InChI=1S/C23H21NO3S/c1-3-12-27-22-16(10-7-11-19(22)26-2)17-13-20(25)24-21-18(14-28-23(17)21)15-8-5-4-6-9-15/h3-11,14,17H,1,12-13H2,2H3,(H,24,25)/t17-/m1/s1. The lowest BCUT2D eigenvalue weighted by Crippen LogP contribution is -2.23. The molecule has 1 N–H and O–H groups in total. The molecule has 0 bridgehead atoms. The van der Waals surface area contributed by atoms with E-state index in [-0.39, 0.29) is 11.8 Å². The average molecular weight is 391 g/mol. The molecule has 0 saturated heterocycles. The molecule has 0 unspecified atom stereocenters. The Hall–Kier alpha value is -3.05. The Morgan fingerprint density at radius 1 is 1.21 bits per heavy atom. The minimum atomic E-state index is -0.0823. The Balaban J connectivity index is 1.83. The second-order valence-electron chi connectivity index (χ2n) is 6.54. The van der Waals surface area contributed by atoms with Gasteiger partial charge in [-0.05, 0) is 11.6 Å². The van der Waals surface area contributed by atoms with Crippen molar-refractivity contribution >= 4 is 22.9 Å². The molecule has 142 valence electrons. The number of amides is 1. The van der Waals surface area contributed by atoms with Gasteiger partial charge in [0, 0.05) is 33.7 Å². The molecule has 0 spiro atoms. The molecule has 0 aliphatic carbocycles. The first-order valence-electron chi connectivity index (χ1n) is 9.10. The van der Waals surface area contributed by atoms with Crippen LogP contribution in [-0.2, 0) is 4.79 Å². The van der Waals surface area contributed by atoms with Crippen LogP contribution in [0.15, 0.2) is 66.6 Å². The van der Waals surface area contributed by atoms with Crippen LogP contribution < -0.4 is 14.8 Å². The van der Waals surface area contributed by atoms with E-state index >= 15 is 0 Å². The molecule has 2 aromatic carbocycles. The summed E-state index contributed by atoms with van der Waals surface area (Å²) < 4.78 is 11.4. The van der Waals surface area contributed by atoms with Crippen LogP contribution in [0.2, 0.25) is 0 Å². The second kappa shape index (κ2) is 7.90. The minimum Gasteiger partial charge on any atom is -0.493 e. The molecule has 1 atom stereocenters. The lowest BCUT2D eigenvalue weighted by atomic mass is 9.88. The van der Waals surface area contributed by atoms with Crippen LogP contribution in [0.25, 0.3) is 11.1 Å². The molecular formula is C23H21NO3S. The zero-order valence-electron chi connectivity index (χ0n) is 15.6. The summed E-state index contributed by atoms with van der Waals surface area (Å²) in [6, 6.07) is 15.9. The van der Waals surface area contributed by atoms with E-state index in [4.69, 9.17) is 9.47 Å². The van der Waals surface area contributed by atoms with E-state index in [0.29, 0.717) is 24.5 Å². The van der Waals surface area contributed by atoms with Gasteiger partial charge in [-0.2, -0.15) is 0 Å². The van der Waals surface area contributed by atoms with Gasteiger partial charge in [0.1, 0.15) is 6.61 Å². The number of carbonyl (C=O) groups is 1. The largest absolute Gasteiger partial charge is 0.493 e. The van der Waals surface area contributed by atoms with Crippen molar-refractivity contribution in [3.8, 4) is 22.6 Å². The maximum Gasteiger partial charge on any atom is 0.225 e. The number of nitrogens with one attached hydrogen (secondary N) is 1. The minimum absolute atomic E-state index is 0.00516. The number of anilines is 1. The summed E-state index contributed by atoms with van der Waals surface area (Å²) in [7, 11) is 1.62. The molecule has 28 heavy (non-hydrogen) atoms. The first-order chi connectivity index (χ1) is 13.7. The van der Waals surface area contributed by atoms with Gasteiger partial charge in [-0.1, -0.05) is 55.1 Å². The molecule has 1 amide bonds. The van der Waals surface area contributed by atoms with Gasteiger partial charge in [0.15, 0.2) is 11.5 Å². The van der Waals surface area contributed by atoms with E-state index in [1.165, 1.54) is 0 Å². The number of ether oxygens (including phenoxy) is 2. The summed E-state index contributed by atoms with van der Waals surface area (Å²) in [6.45, 7) is 4.10. The highest BCUT2D eigenvalue weighted by molar-refractivity contribution is 7.11. The van der Waals surface area contributed by atoms with Crippen LogP contribution in [0, 0.1) is 0 Å². The van der Waals surface area contributed by atoms with Crippen LogP contribution in [0.1, 0.15) is 22.8 Å². The topological polar surface area (TPSA) is 47.6 Å². The molecule has 3 aromatic rings. The van der Waals surface area contributed by atoms with Gasteiger partial charge in [-0.15, -0.1) is 11.3 Å². The third kappa shape index (κ3) is 3.29. The van der Waals surface area contributed by atoms with E-state index in [0.717, 1.165) is 27.3 Å². The number of hydrogen-bond acceptors (Lipinski definition) is 4. The molecular weight excluding hydrogens is 370 g/mol. The molecule has 1 aliphatic heterocycles. The number of carbonyl (C=O) groups excluding carboxylic acids is 1. The Kier molecular flexibility index (Phi) is 5.17. The van der Waals surface area contributed by atoms with Crippen molar-refractivity contribution < 1.29 is 14.3 Å². The Bertz CT molecular complexity index is 1010. The second-order valence-corrected chi connectivity index (χ2v) is 7.45. The van der Waals surface area contributed by atoms with Crippen molar-refractivity contribution in [3.63, 3.8) is 0 Å². The van der Waals surface area contributed by atoms with E-state index in [1.807, 2.05) is 36.4 Å². The van der Waals surface area contributed by atoms with Crippen molar-refractivity contribution in [2.45, 2.75) is 12.3 Å². The molecule has 2 heterocycles. The number of hydrogen-bond donors (Lipinski definition) is 1. The van der Waals surface area contributed by atoms with Crippen molar-refractivity contribution in [3.05, 3.63) is 77.0 Å². The van der Waals surface area contributed by atoms with Gasteiger partial charge < -0.3 is 14.8 Å². The summed E-state index contributed by atoms with van der Waals surface area (Å²) in [5, 5.41) is 5.20. The highest BCUT2D eigenvalue weighted by Gasteiger charge is 2.33. The first kappa shape index (κ1) is 18.3. The van der Waals surface area contributed by atoms with Crippen molar-refractivity contribution in [2.75, 3.05) is 19.0 Å². The maximum absolute atomic E-state index is 12.6. The van der Waals surface area contributed by atoms with Crippen molar-refractivity contribution in [2.24, 2.45) is 0 Å². The van der Waals surface area contributed by atoms with Crippen molar-refractivity contribution in [1.29, 1.82) is 0 Å². The smallest absolute Gasteiger partial charge is 0.225 e. The molecule has 1 aromatic heterocycles. The molecule has 0 radical (unpaired) electrons. The molecule has 4 nitrogen and oxygen atoms in total. The Morgan fingerprint density at radius 2 is 2.04 bits per heavy atom. The number of fused-ring (bicyclic) bond motifs is 1. The normalized spacial score (nSPS) is 15.5. The summed E-state index contributed by atoms with van der Waals surface area (Å²) in [4.78, 5) is 13.7. The van der Waals surface area contributed by atoms with E-state index in [2.05, 4.69) is 29.4 Å². The van der Waals surface area contributed by atoms with Gasteiger partial charge in [-0.3, -0.25) is 4.79 Å². The summed E-state index contributed by atoms with van der Waals surface area (Å²) in [5.41, 5.74) is 4.00. The van der Waals surface area contributed by atoms with Crippen LogP contribution in [0.5, 0.6) is 11.5 Å². The Morgan fingerprint density at radius 3 is 2.79 bits per heavy atom. The summed E-state index contributed by atoms with van der Waals surface area (Å²) in [5.74, 6) is 1.25. The summed E-state index contributed by atoms with van der Waals surface area (Å²) >= 11 is 1.67. The van der Waals surface area contributed by atoms with Gasteiger partial charge in [0.2, 0.25) is 5.91 Å². The zero-order valence-corrected chi connectivity index (χ0v) is 16.4. The highest BCUT2D eigenvalue weighted by Crippen LogP contribution is 2.49. The average Bonchev–Trinajstić information content (AvgIpc) is 3.15. The predicted octanol–water partition coefficient (Wildman–Crippen LogP) is 5.46. The fourth-order valence-corrected chi connectivity index (χ4v) is 4.72. The van der Waals surface area contributed by atoms with Gasteiger partial charge >= 0.3 is 0 Å². The van der Waals surface area contributed by atoms with Gasteiger partial charge in [0.05, 0.1) is 12.8 Å². The first-order valence-corrected chi connectivity index (χ1v) is 9.98. The number of benzene rings is 2. The highest BCUT2D eigenvalue weighted by atomic mass is 32.1. The SMILES string of the molecule is C=CCOc1c(OC)cccc1[C@H]1CC(=O)Nc2c(-c3ccccc3)csc21. The molecule has 4 rings (SSSR count). The van der Waals surface area contributed by atoms with Crippen LogP contribution >= 0.6 is 11.3 Å². The molecule has 1 aliphatic rings. The van der Waals surface area contributed by atoms with Crippen LogP contribution in [-0.4, -0.2) is 19.6 Å². The monoisotopic (exact) mass is 391 g/mol. The zero-order chi connectivity index (χ0) is 19.5. The van der Waals surface area contributed by atoms with Crippen LogP contribution in [0.4, 0.5) is 5.69 Å². The molecule has 0 fully saturated rings. The Labute approximate surface area is 168 Å². The van der Waals surface area contributed by atoms with E-state index in [1.54, 1.807) is 24.5 Å². The van der Waals surface area contributed by atoms with E-state index in [9.17, 15) is 4.79 Å². The fraction of sp³-hybridized carbons (Fsp3) is 0.174. The summed E-state index contributed by atoms with van der Waals surface area (Å²) in [6.07, 6.45) is 2.08. The maximum atomic E-state index is 12.6. The predicted molar refractivity (Wildman–Crippen MR) is 114 cm³/mol. The number of methoxy groups -OCH3 is 1. The fourth-order valence-electron chi connectivity index (χ4n) is 3.57. The lowest BCUT2D eigenvalue weighted by molar-refractivity contribution is -0.116.